The molecule has 0 radical (unpaired) electrons. The molecule has 0 bridgehead atoms. The number of rotatable bonds is 8. The molecule has 0 atom stereocenters. The summed E-state index contributed by atoms with van der Waals surface area (Å²) in [4.78, 5) is 10.6. The van der Waals surface area contributed by atoms with Gasteiger partial charge in [0.05, 0.1) is 0 Å². The fourth-order valence-electron chi connectivity index (χ4n) is 2.60. The van der Waals surface area contributed by atoms with E-state index in [2.05, 4.69) is 6.92 Å². The zero-order valence-corrected chi connectivity index (χ0v) is 12.9. The van der Waals surface area contributed by atoms with E-state index >= 15 is 0 Å². The van der Waals surface area contributed by atoms with Crippen molar-refractivity contribution in [3.8, 4) is 0 Å². The Kier molecular flexibility index (Phi) is 8.80. The number of hydrogen-bond acceptors (Lipinski definition) is 2. The maximum atomic E-state index is 10.6. The van der Waals surface area contributed by atoms with E-state index in [1.165, 1.54) is 38.5 Å². The topological polar surface area (TPSA) is 40.1 Å². The molecule has 0 aromatic rings. The van der Waals surface area contributed by atoms with E-state index < -0.39 is 5.97 Å². The first kappa shape index (κ1) is 16.5. The van der Waals surface area contributed by atoms with Crippen LogP contribution in [0.3, 0.4) is 0 Å². The van der Waals surface area contributed by atoms with E-state index in [1.807, 2.05) is 0 Å². The summed E-state index contributed by atoms with van der Waals surface area (Å²) in [6, 6.07) is 0. The molecule has 0 heterocycles. The Bertz CT molecular complexity index is 200. The number of carboxylic acids is 1. The summed E-state index contributed by atoms with van der Waals surface area (Å²) in [6.45, 7) is 2.21. The monoisotopic (exact) mass is 234 g/mol. The normalized spacial score (nSPS) is 17.3. The van der Waals surface area contributed by atoms with Crippen molar-refractivity contribution in [2.75, 3.05) is 0 Å². The molecule has 0 saturated heterocycles. The van der Waals surface area contributed by atoms with Crippen molar-refractivity contribution in [3.05, 3.63) is 0 Å². The molecule has 1 rings (SSSR count). The van der Waals surface area contributed by atoms with Crippen LogP contribution in [-0.4, -0.2) is 5.97 Å². The SMILES string of the molecule is CCCCCCCC1(CC(=O)[O-])CCC1.[Na+]. The molecule has 1 saturated carbocycles. The van der Waals surface area contributed by atoms with Crippen LogP contribution in [0.15, 0.2) is 0 Å². The third-order valence-electron chi connectivity index (χ3n) is 3.74. The van der Waals surface area contributed by atoms with Crippen molar-refractivity contribution >= 4 is 5.97 Å². The molecule has 1 aliphatic rings. The van der Waals surface area contributed by atoms with E-state index in [0.717, 1.165) is 19.3 Å². The Balaban J connectivity index is 0.00000225. The van der Waals surface area contributed by atoms with Crippen LogP contribution in [0.25, 0.3) is 0 Å². The summed E-state index contributed by atoms with van der Waals surface area (Å²) in [5.74, 6) is -0.858. The second-order valence-corrected chi connectivity index (χ2v) is 5.07. The van der Waals surface area contributed by atoms with Gasteiger partial charge in [0.25, 0.3) is 0 Å². The fraction of sp³-hybridized carbons (Fsp3) is 0.923. The van der Waals surface area contributed by atoms with Crippen LogP contribution < -0.4 is 34.7 Å². The summed E-state index contributed by atoms with van der Waals surface area (Å²) in [5.41, 5.74) is 0.130. The van der Waals surface area contributed by atoms with Gasteiger partial charge in [-0.25, -0.2) is 0 Å². The van der Waals surface area contributed by atoms with E-state index in [1.54, 1.807) is 0 Å². The number of unbranched alkanes of at least 4 members (excludes halogenated alkanes) is 4. The van der Waals surface area contributed by atoms with Crippen LogP contribution in [0.1, 0.15) is 71.1 Å². The smallest absolute Gasteiger partial charge is 0.550 e. The number of carbonyl (C=O) groups is 1. The molecular formula is C13H23NaO2. The summed E-state index contributed by atoms with van der Waals surface area (Å²) < 4.78 is 0. The predicted octanol–water partition coefficient (Wildman–Crippen LogP) is -0.339. The van der Waals surface area contributed by atoms with Gasteiger partial charge in [-0.15, -0.1) is 0 Å². The van der Waals surface area contributed by atoms with Gasteiger partial charge in [-0.05, 0) is 31.1 Å². The Hall–Kier alpha value is 0.470. The third-order valence-corrected chi connectivity index (χ3v) is 3.74. The van der Waals surface area contributed by atoms with Crippen molar-refractivity contribution in [1.29, 1.82) is 0 Å². The van der Waals surface area contributed by atoms with Gasteiger partial charge >= 0.3 is 29.6 Å². The number of carbonyl (C=O) groups excluding carboxylic acids is 1. The molecule has 1 fully saturated rings. The Morgan fingerprint density at radius 1 is 1.19 bits per heavy atom. The van der Waals surface area contributed by atoms with Gasteiger partial charge in [-0.3, -0.25) is 0 Å². The Labute approximate surface area is 121 Å². The zero-order valence-electron chi connectivity index (χ0n) is 10.9. The average molecular weight is 234 g/mol. The molecule has 1 aliphatic carbocycles. The minimum atomic E-state index is -0.858. The van der Waals surface area contributed by atoms with Crippen LogP contribution in [-0.2, 0) is 4.79 Å². The second-order valence-electron chi connectivity index (χ2n) is 5.07. The summed E-state index contributed by atoms with van der Waals surface area (Å²) >= 11 is 0. The standard InChI is InChI=1S/C13H24O2.Na/c1-2-3-4-5-6-8-13(9-7-10-13)11-12(14)15;/h2-11H2,1H3,(H,14,15);/q;+1/p-1. The molecule has 3 heteroatoms. The van der Waals surface area contributed by atoms with Gasteiger partial charge in [0.2, 0.25) is 0 Å². The van der Waals surface area contributed by atoms with Gasteiger partial charge in [0, 0.05) is 5.97 Å². The number of aliphatic carboxylic acids is 1. The van der Waals surface area contributed by atoms with Gasteiger partial charge in [0.15, 0.2) is 0 Å². The van der Waals surface area contributed by atoms with Gasteiger partial charge in [-0.2, -0.15) is 0 Å². The first-order valence-electron chi connectivity index (χ1n) is 6.38. The average Bonchev–Trinajstić information content (AvgIpc) is 2.12. The zero-order chi connectivity index (χ0) is 11.1. The maximum absolute atomic E-state index is 10.6. The minimum absolute atomic E-state index is 0. The van der Waals surface area contributed by atoms with E-state index in [-0.39, 0.29) is 35.0 Å². The van der Waals surface area contributed by atoms with Gasteiger partial charge in [-0.1, -0.05) is 45.4 Å². The molecule has 0 spiro atoms. The van der Waals surface area contributed by atoms with Crippen LogP contribution in [0.4, 0.5) is 0 Å². The van der Waals surface area contributed by atoms with Crippen LogP contribution in [0, 0.1) is 5.41 Å². The van der Waals surface area contributed by atoms with Crippen molar-refractivity contribution in [2.24, 2.45) is 5.41 Å². The summed E-state index contributed by atoms with van der Waals surface area (Å²) in [7, 11) is 0. The minimum Gasteiger partial charge on any atom is -0.550 e. The number of carboxylic acid groups (broad SMARTS) is 1. The summed E-state index contributed by atoms with van der Waals surface area (Å²) in [5, 5.41) is 10.6. The van der Waals surface area contributed by atoms with Crippen molar-refractivity contribution in [3.63, 3.8) is 0 Å². The molecule has 0 aliphatic heterocycles. The van der Waals surface area contributed by atoms with Crippen LogP contribution in [0.5, 0.6) is 0 Å². The Morgan fingerprint density at radius 2 is 1.81 bits per heavy atom. The molecule has 0 N–H and O–H groups in total. The maximum Gasteiger partial charge on any atom is 1.00 e. The number of hydrogen-bond donors (Lipinski definition) is 0. The molecule has 88 valence electrons. The fourth-order valence-corrected chi connectivity index (χ4v) is 2.60. The van der Waals surface area contributed by atoms with Crippen molar-refractivity contribution in [1.82, 2.24) is 0 Å². The quantitative estimate of drug-likeness (QED) is 0.426. The molecule has 0 unspecified atom stereocenters. The molecule has 0 aromatic heterocycles. The first-order chi connectivity index (χ1) is 7.18. The molecular weight excluding hydrogens is 211 g/mol. The second kappa shape index (κ2) is 8.54. The van der Waals surface area contributed by atoms with Crippen LogP contribution >= 0.6 is 0 Å². The van der Waals surface area contributed by atoms with Gasteiger partial charge in [0.1, 0.15) is 0 Å². The van der Waals surface area contributed by atoms with Crippen LogP contribution in [0.2, 0.25) is 0 Å². The van der Waals surface area contributed by atoms with Gasteiger partial charge < -0.3 is 9.90 Å². The molecule has 0 aromatic carbocycles. The first-order valence-corrected chi connectivity index (χ1v) is 6.38. The third kappa shape index (κ3) is 5.70. The predicted molar refractivity (Wildman–Crippen MR) is 59.3 cm³/mol. The van der Waals surface area contributed by atoms with Crippen molar-refractivity contribution in [2.45, 2.75) is 71.1 Å². The summed E-state index contributed by atoms with van der Waals surface area (Å²) in [6.07, 6.45) is 11.2. The van der Waals surface area contributed by atoms with E-state index in [0.29, 0.717) is 6.42 Å². The Morgan fingerprint density at radius 3 is 2.25 bits per heavy atom. The largest absolute Gasteiger partial charge is 1.00 e. The van der Waals surface area contributed by atoms with Crippen molar-refractivity contribution < 1.29 is 39.5 Å². The van der Waals surface area contributed by atoms with E-state index in [9.17, 15) is 9.90 Å². The van der Waals surface area contributed by atoms with E-state index in [4.69, 9.17) is 0 Å². The molecule has 16 heavy (non-hydrogen) atoms. The molecule has 2 nitrogen and oxygen atoms in total. The molecule has 0 amide bonds.